The van der Waals surface area contributed by atoms with Gasteiger partial charge in [-0.1, -0.05) is 0 Å². The van der Waals surface area contributed by atoms with Gasteiger partial charge in [0.2, 0.25) is 10.0 Å². The van der Waals surface area contributed by atoms with E-state index in [1.54, 1.807) is 20.2 Å². The van der Waals surface area contributed by atoms with E-state index < -0.39 is 21.7 Å². The predicted octanol–water partition coefficient (Wildman–Crippen LogP) is 1.40. The number of benzene rings is 1. The lowest BCUT2D eigenvalue weighted by atomic mass is 10.1. The topological polar surface area (TPSA) is 152 Å². The molecule has 4 N–H and O–H groups in total. The fraction of sp³-hybridized carbons (Fsp3) is 0.273. The monoisotopic (exact) mass is 498 g/mol. The summed E-state index contributed by atoms with van der Waals surface area (Å²) in [6, 6.07) is 2.49. The smallest absolute Gasteiger partial charge is 0.268 e. The Bertz CT molecular complexity index is 1580. The minimum absolute atomic E-state index is 0.0482. The summed E-state index contributed by atoms with van der Waals surface area (Å²) >= 11 is 0. The van der Waals surface area contributed by atoms with Crippen molar-refractivity contribution < 1.29 is 17.6 Å². The Morgan fingerprint density at radius 3 is 2.77 bits per heavy atom. The second-order valence-corrected chi connectivity index (χ2v) is 10.3. The molecule has 13 heteroatoms. The highest BCUT2D eigenvalue weighted by atomic mass is 32.2. The average Bonchev–Trinajstić information content (AvgIpc) is 3.43. The second kappa shape index (κ2) is 8.43. The first-order valence-electron chi connectivity index (χ1n) is 10.8. The van der Waals surface area contributed by atoms with E-state index in [1.165, 1.54) is 27.3 Å². The van der Waals surface area contributed by atoms with Gasteiger partial charge in [-0.3, -0.25) is 19.9 Å². The third kappa shape index (κ3) is 3.82. The Balaban J connectivity index is 1.41. The highest BCUT2D eigenvalue weighted by molar-refractivity contribution is 7.89. The molecule has 0 spiro atoms. The Hall–Kier alpha value is -3.84. The summed E-state index contributed by atoms with van der Waals surface area (Å²) in [5, 5.41) is 9.53. The number of fused-ring (bicyclic) bond motifs is 2. The number of hydrogen-bond donors (Lipinski definition) is 3. The number of amides is 1. The maximum absolute atomic E-state index is 14.6. The maximum Gasteiger partial charge on any atom is 0.268 e. The van der Waals surface area contributed by atoms with Crippen LogP contribution in [0.5, 0.6) is 0 Å². The van der Waals surface area contributed by atoms with Crippen LogP contribution in [0.2, 0.25) is 0 Å². The number of H-pyrrole nitrogens is 1. The predicted molar refractivity (Wildman–Crippen MR) is 125 cm³/mol. The van der Waals surface area contributed by atoms with Gasteiger partial charge in [-0.2, -0.15) is 9.40 Å². The Morgan fingerprint density at radius 2 is 2.00 bits per heavy atom. The fourth-order valence-corrected chi connectivity index (χ4v) is 5.98. The van der Waals surface area contributed by atoms with Crippen molar-refractivity contribution in [2.45, 2.75) is 31.3 Å². The summed E-state index contributed by atoms with van der Waals surface area (Å²) < 4.78 is 44.3. The van der Waals surface area contributed by atoms with Crippen LogP contribution in [0.1, 0.15) is 33.0 Å². The molecular weight excluding hydrogens is 475 g/mol. The molecule has 0 saturated carbocycles. The zero-order chi connectivity index (χ0) is 24.9. The molecule has 0 fully saturated rings. The van der Waals surface area contributed by atoms with Gasteiger partial charge in [-0.05, 0) is 19.1 Å². The molecule has 3 aromatic heterocycles. The number of anilines is 1. The number of carbonyl (C=O) groups excluding carboxylic acids is 1. The summed E-state index contributed by atoms with van der Waals surface area (Å²) in [7, 11) is -2.25. The fourth-order valence-electron chi connectivity index (χ4n) is 4.29. The second-order valence-electron chi connectivity index (χ2n) is 8.36. The molecular formula is C22H23FN8O3S. The molecule has 0 unspecified atom stereocenters. The van der Waals surface area contributed by atoms with Crippen molar-refractivity contribution in [3.63, 3.8) is 0 Å². The summed E-state index contributed by atoms with van der Waals surface area (Å²) in [5.74, 6) is -1.17. The van der Waals surface area contributed by atoms with Crippen LogP contribution in [-0.2, 0) is 36.6 Å². The number of aromatic amines is 1. The van der Waals surface area contributed by atoms with Crippen LogP contribution in [0.15, 0.2) is 35.6 Å². The first-order valence-corrected chi connectivity index (χ1v) is 12.3. The van der Waals surface area contributed by atoms with Crippen LogP contribution in [0.3, 0.4) is 0 Å². The van der Waals surface area contributed by atoms with Gasteiger partial charge in [0, 0.05) is 68.0 Å². The van der Waals surface area contributed by atoms with Gasteiger partial charge in [0.15, 0.2) is 0 Å². The summed E-state index contributed by atoms with van der Waals surface area (Å²) in [6.45, 7) is 1.97. The number of nitrogens with one attached hydrogen (secondary N) is 2. The first kappa shape index (κ1) is 22.9. The van der Waals surface area contributed by atoms with Gasteiger partial charge in [-0.15, -0.1) is 0 Å². The molecule has 4 heterocycles. The van der Waals surface area contributed by atoms with Gasteiger partial charge in [0.05, 0.1) is 17.4 Å². The van der Waals surface area contributed by atoms with Crippen LogP contribution < -0.4 is 11.1 Å². The lowest BCUT2D eigenvalue weighted by molar-refractivity contribution is 0.0942. The molecule has 0 saturated heterocycles. The molecule has 0 bridgehead atoms. The molecule has 0 radical (unpaired) electrons. The SMILES string of the molecule is Cc1c(S(=O)(=O)N2CCc3[nH]ncc3C2)cc(C(=O)NCc2c(F)cc(N)c3nccnc23)n1C. The van der Waals surface area contributed by atoms with Gasteiger partial charge < -0.3 is 15.6 Å². The Kier molecular flexibility index (Phi) is 5.52. The highest BCUT2D eigenvalue weighted by Gasteiger charge is 2.33. The number of rotatable bonds is 5. The van der Waals surface area contributed by atoms with E-state index in [1.807, 2.05) is 0 Å². The first-order chi connectivity index (χ1) is 16.7. The van der Waals surface area contributed by atoms with Crippen molar-refractivity contribution >= 4 is 32.7 Å². The van der Waals surface area contributed by atoms with Crippen molar-refractivity contribution in [3.05, 3.63) is 64.7 Å². The summed E-state index contributed by atoms with van der Waals surface area (Å²) in [5.41, 5.74) is 9.01. The Labute approximate surface area is 200 Å². The Morgan fingerprint density at radius 1 is 1.26 bits per heavy atom. The number of halogens is 1. The molecule has 0 aliphatic carbocycles. The molecule has 4 aromatic rings. The van der Waals surface area contributed by atoms with Gasteiger partial charge in [0.25, 0.3) is 5.91 Å². The largest absolute Gasteiger partial charge is 0.397 e. The van der Waals surface area contributed by atoms with Crippen molar-refractivity contribution in [3.8, 4) is 0 Å². The molecule has 1 aromatic carbocycles. The highest BCUT2D eigenvalue weighted by Crippen LogP contribution is 2.28. The van der Waals surface area contributed by atoms with E-state index in [0.717, 1.165) is 17.3 Å². The van der Waals surface area contributed by atoms with Crippen molar-refractivity contribution in [1.29, 1.82) is 0 Å². The van der Waals surface area contributed by atoms with Crippen LogP contribution >= 0.6 is 0 Å². The third-order valence-electron chi connectivity index (χ3n) is 6.36. The zero-order valence-electron chi connectivity index (χ0n) is 19.0. The number of nitrogen functional groups attached to an aromatic ring is 1. The van der Waals surface area contributed by atoms with E-state index in [9.17, 15) is 17.6 Å². The molecule has 0 atom stereocenters. The number of aromatic nitrogens is 5. The van der Waals surface area contributed by atoms with Gasteiger partial charge in [-0.25, -0.2) is 12.8 Å². The molecule has 182 valence electrons. The quantitative estimate of drug-likeness (QED) is 0.352. The van der Waals surface area contributed by atoms with E-state index in [2.05, 4.69) is 25.5 Å². The van der Waals surface area contributed by atoms with Crippen LogP contribution in [0.25, 0.3) is 11.0 Å². The standard InChI is InChI=1S/C22H23FN8O3S/c1-12-19(35(33,34)31-6-3-17-13(11-31)9-28-29-17)8-18(30(12)2)22(32)27-10-14-15(23)7-16(24)21-20(14)25-4-5-26-21/h4-5,7-9H,3,6,10-11,24H2,1-2H3,(H,27,32)(H,28,29). The zero-order valence-corrected chi connectivity index (χ0v) is 19.9. The molecule has 1 aliphatic heterocycles. The van der Waals surface area contributed by atoms with Crippen molar-refractivity contribution in [2.75, 3.05) is 12.3 Å². The molecule has 35 heavy (non-hydrogen) atoms. The molecule has 11 nitrogen and oxygen atoms in total. The van der Waals surface area contributed by atoms with Crippen LogP contribution in [0, 0.1) is 12.7 Å². The van der Waals surface area contributed by atoms with E-state index in [-0.39, 0.29) is 40.4 Å². The lowest BCUT2D eigenvalue weighted by Crippen LogP contribution is -2.35. The number of sulfonamides is 1. The van der Waals surface area contributed by atoms with E-state index in [4.69, 9.17) is 5.73 Å². The van der Waals surface area contributed by atoms with Crippen LogP contribution in [0.4, 0.5) is 10.1 Å². The summed E-state index contributed by atoms with van der Waals surface area (Å²) in [4.78, 5) is 21.3. The minimum atomic E-state index is -3.86. The van der Waals surface area contributed by atoms with Crippen molar-refractivity contribution in [1.82, 2.24) is 34.4 Å². The lowest BCUT2D eigenvalue weighted by Gasteiger charge is -2.25. The minimum Gasteiger partial charge on any atom is -0.397 e. The molecule has 5 rings (SSSR count). The summed E-state index contributed by atoms with van der Waals surface area (Å²) in [6.07, 6.45) is 5.01. The number of carbonyl (C=O) groups is 1. The average molecular weight is 499 g/mol. The van der Waals surface area contributed by atoms with Gasteiger partial charge >= 0.3 is 0 Å². The third-order valence-corrected chi connectivity index (χ3v) is 8.32. The number of hydrogen-bond acceptors (Lipinski definition) is 7. The maximum atomic E-state index is 14.6. The molecule has 1 aliphatic rings. The van der Waals surface area contributed by atoms with Gasteiger partial charge in [0.1, 0.15) is 21.9 Å². The van der Waals surface area contributed by atoms with Crippen molar-refractivity contribution in [2.24, 2.45) is 7.05 Å². The molecule has 1 amide bonds. The number of nitrogens with two attached hydrogens (primary N) is 1. The van der Waals surface area contributed by atoms with Crippen LogP contribution in [-0.4, -0.2) is 49.9 Å². The normalized spacial score (nSPS) is 14.3. The van der Waals surface area contributed by atoms with E-state index in [0.29, 0.717) is 24.2 Å². The number of nitrogens with zero attached hydrogens (tertiary/aromatic N) is 5. The van der Waals surface area contributed by atoms with E-state index >= 15 is 0 Å².